The predicted molar refractivity (Wildman–Crippen MR) is 91.6 cm³/mol. The highest BCUT2D eigenvalue weighted by atomic mass is 35.7. The molecule has 0 bridgehead atoms. The Labute approximate surface area is 157 Å². The van der Waals surface area contributed by atoms with E-state index in [0.717, 1.165) is 6.42 Å². The van der Waals surface area contributed by atoms with Gasteiger partial charge < -0.3 is 0 Å². The van der Waals surface area contributed by atoms with Gasteiger partial charge in [-0.2, -0.15) is 0 Å². The number of para-hydroxylation sites is 2. The van der Waals surface area contributed by atoms with Crippen LogP contribution in [0.1, 0.15) is 20.3 Å². The Morgan fingerprint density at radius 3 is 1.81 bits per heavy atom. The number of rotatable bonds is 4. The summed E-state index contributed by atoms with van der Waals surface area (Å²) in [6, 6.07) is 21.1. The van der Waals surface area contributed by atoms with E-state index in [1.54, 1.807) is 0 Å². The van der Waals surface area contributed by atoms with Gasteiger partial charge in [-0.05, 0) is 30.7 Å². The zero-order chi connectivity index (χ0) is 19.7. The molecule has 0 aliphatic carbocycles. The van der Waals surface area contributed by atoms with Gasteiger partial charge in [0.25, 0.3) is 5.84 Å². The molecule has 1 unspecified atom stereocenters. The minimum absolute atomic E-state index is 0.486. The molecule has 0 aliphatic rings. The minimum Gasteiger partial charge on any atom is -0.234 e. The lowest BCUT2D eigenvalue weighted by molar-refractivity contribution is -2.00. The van der Waals surface area contributed by atoms with E-state index >= 15 is 0 Å². The Morgan fingerprint density at radius 2 is 1.38 bits per heavy atom. The van der Waals surface area contributed by atoms with Crippen molar-refractivity contribution in [2.75, 3.05) is 19.0 Å². The first-order chi connectivity index (χ1) is 12.1. The lowest BCUT2D eigenvalue weighted by atomic mass is 10.1. The number of amidine groups is 1. The molecule has 2 aromatic carbocycles. The van der Waals surface area contributed by atoms with Crippen LogP contribution < -0.4 is 23.5 Å². The van der Waals surface area contributed by atoms with E-state index < -0.39 is 10.2 Å². The molecule has 0 amide bonds. The van der Waals surface area contributed by atoms with Crippen LogP contribution in [0.25, 0.3) is 0 Å². The van der Waals surface area contributed by atoms with Gasteiger partial charge in [0.1, 0.15) is 11.4 Å². The molecule has 0 N–H and O–H groups in total. The first-order valence-electron chi connectivity index (χ1n) is 8.21. The zero-order valence-electron chi connectivity index (χ0n) is 15.5. The Balaban J connectivity index is 0.000000597. The maximum atomic E-state index is 8.49. The molecule has 0 spiro atoms. The fourth-order valence-electron chi connectivity index (χ4n) is 2.64. The van der Waals surface area contributed by atoms with Crippen molar-refractivity contribution in [3.63, 3.8) is 0 Å². The van der Waals surface area contributed by atoms with Crippen LogP contribution in [0.15, 0.2) is 60.7 Å². The van der Waals surface area contributed by atoms with Gasteiger partial charge in [-0.15, -0.1) is 10.2 Å². The molecule has 0 aliphatic heterocycles. The number of halogens is 1. The average molecular weight is 381 g/mol. The molecular weight excluding hydrogens is 356 g/mol. The van der Waals surface area contributed by atoms with Crippen molar-refractivity contribution in [1.29, 1.82) is 0 Å². The Bertz CT molecular complexity index is 682. The van der Waals surface area contributed by atoms with Crippen LogP contribution in [0.5, 0.6) is 0 Å². The first-order valence-corrected chi connectivity index (χ1v) is 9.44. The quantitative estimate of drug-likeness (QED) is 0.415. The van der Waals surface area contributed by atoms with Crippen molar-refractivity contribution in [3.8, 4) is 0 Å². The highest BCUT2D eigenvalue weighted by molar-refractivity contribution is 5.95. The number of nitrogens with zero attached hydrogens (tertiary/aromatic N) is 2. The number of benzene rings is 2. The van der Waals surface area contributed by atoms with Crippen molar-refractivity contribution in [2.24, 2.45) is 5.92 Å². The molecular formula is C19H25ClN2O4. The van der Waals surface area contributed by atoms with Crippen molar-refractivity contribution in [2.45, 2.75) is 20.3 Å². The van der Waals surface area contributed by atoms with Crippen LogP contribution in [0.3, 0.4) is 0 Å². The predicted octanol–water partition coefficient (Wildman–Crippen LogP) is -0.215. The largest absolute Gasteiger partial charge is 0.259 e. The summed E-state index contributed by atoms with van der Waals surface area (Å²) in [4.78, 5) is 2.29. The van der Waals surface area contributed by atoms with Crippen LogP contribution in [0.4, 0.5) is 11.4 Å². The van der Waals surface area contributed by atoms with Crippen molar-refractivity contribution in [1.82, 2.24) is 0 Å². The van der Waals surface area contributed by atoms with Gasteiger partial charge >= 0.3 is 0 Å². The second-order valence-electron chi connectivity index (χ2n) is 5.83. The van der Waals surface area contributed by atoms with E-state index in [-0.39, 0.29) is 0 Å². The van der Waals surface area contributed by atoms with Crippen LogP contribution >= 0.6 is 0 Å². The van der Waals surface area contributed by atoms with Crippen LogP contribution in [0.2, 0.25) is 0 Å². The number of anilines is 1. The van der Waals surface area contributed by atoms with E-state index in [1.165, 1.54) is 17.2 Å². The van der Waals surface area contributed by atoms with Gasteiger partial charge in [0.05, 0.1) is 20.0 Å². The summed E-state index contributed by atoms with van der Waals surface area (Å²) in [5.74, 6) is 1.80. The smallest absolute Gasteiger partial charge is 0.234 e. The normalized spacial score (nSPS) is 13.2. The maximum absolute atomic E-state index is 8.49. The molecule has 0 aromatic heterocycles. The second kappa shape index (κ2) is 10.3. The van der Waals surface area contributed by atoms with E-state index in [2.05, 4.69) is 98.1 Å². The summed E-state index contributed by atoms with van der Waals surface area (Å²) in [5.41, 5.74) is 2.44. The van der Waals surface area contributed by atoms with Gasteiger partial charge in [0.2, 0.25) is 0 Å². The Hall–Kier alpha value is -1.96. The summed E-state index contributed by atoms with van der Waals surface area (Å²) >= 11 is 0. The number of hydrogen-bond acceptors (Lipinski definition) is 4. The van der Waals surface area contributed by atoms with Crippen molar-refractivity contribution < 1.29 is 33.5 Å². The minimum atomic E-state index is -4.94. The van der Waals surface area contributed by atoms with Crippen LogP contribution in [0, 0.1) is 16.2 Å². The molecule has 26 heavy (non-hydrogen) atoms. The van der Waals surface area contributed by atoms with E-state index in [0.29, 0.717) is 5.92 Å². The molecule has 0 saturated heterocycles. The van der Waals surface area contributed by atoms with Gasteiger partial charge in [0, 0.05) is 0 Å². The lowest BCUT2D eigenvalue weighted by Crippen LogP contribution is -2.68. The first kappa shape index (κ1) is 22.1. The van der Waals surface area contributed by atoms with E-state index in [4.69, 9.17) is 18.6 Å². The lowest BCUT2D eigenvalue weighted by Gasteiger charge is -2.21. The highest BCUT2D eigenvalue weighted by Crippen LogP contribution is 2.20. The molecule has 6 nitrogen and oxygen atoms in total. The van der Waals surface area contributed by atoms with Crippen LogP contribution in [-0.2, 0) is 0 Å². The van der Waals surface area contributed by atoms with Crippen molar-refractivity contribution >= 4 is 17.2 Å². The molecule has 0 saturated carbocycles. The topological polar surface area (TPSA) is 98.5 Å². The molecule has 1 atom stereocenters. The van der Waals surface area contributed by atoms with Crippen molar-refractivity contribution in [3.05, 3.63) is 60.7 Å². The third-order valence-electron chi connectivity index (χ3n) is 4.03. The molecule has 0 radical (unpaired) electrons. The Kier molecular flexibility index (Phi) is 8.71. The van der Waals surface area contributed by atoms with Gasteiger partial charge in [-0.1, -0.05) is 50.2 Å². The maximum Gasteiger partial charge on any atom is 0.259 e. The highest BCUT2D eigenvalue weighted by Gasteiger charge is 2.25. The van der Waals surface area contributed by atoms with Crippen LogP contribution in [-0.4, -0.2) is 24.5 Å². The average Bonchev–Trinajstić information content (AvgIpc) is 2.61. The van der Waals surface area contributed by atoms with Gasteiger partial charge in [0.15, 0.2) is 0 Å². The molecule has 0 fully saturated rings. The zero-order valence-corrected chi connectivity index (χ0v) is 16.2. The van der Waals surface area contributed by atoms with Gasteiger partial charge in [-0.25, -0.2) is 28.1 Å². The summed E-state index contributed by atoms with van der Waals surface area (Å²) in [7, 11) is -0.646. The summed E-state index contributed by atoms with van der Waals surface area (Å²) < 4.78 is 36.3. The fourth-order valence-corrected chi connectivity index (χ4v) is 2.64. The van der Waals surface area contributed by atoms with E-state index in [1.807, 2.05) is 0 Å². The molecule has 7 heteroatoms. The fraction of sp³-hybridized carbons (Fsp3) is 0.316. The third kappa shape index (κ3) is 7.51. The summed E-state index contributed by atoms with van der Waals surface area (Å²) in [6.07, 6.45) is 1.11. The van der Waals surface area contributed by atoms with Gasteiger partial charge in [-0.3, -0.25) is 0 Å². The Morgan fingerprint density at radius 1 is 0.962 bits per heavy atom. The second-order valence-corrected chi connectivity index (χ2v) is 6.59. The standard InChI is InChI=1S/C19H25N2.ClHO4/c1-5-16(2)19(20(3)17-12-8-6-9-13-17)21(4)18-14-10-7-11-15-18;2-1(3,4)5/h6-16H,5H2,1-4H3;(H,2,3,4,5)/q+1;/p-1. The third-order valence-corrected chi connectivity index (χ3v) is 4.03. The summed E-state index contributed by atoms with van der Waals surface area (Å²) in [6.45, 7) is 4.52. The molecule has 142 valence electrons. The molecule has 2 aromatic rings. The molecule has 0 heterocycles. The SMILES string of the molecule is CCC(C)C(N(C)c1ccccc1)=[N+](C)c1ccccc1.[O-][Cl+3]([O-])([O-])[O-]. The summed E-state index contributed by atoms with van der Waals surface area (Å²) in [5, 5.41) is 0. The molecule has 2 rings (SSSR count). The van der Waals surface area contributed by atoms with E-state index in [9.17, 15) is 0 Å². The monoisotopic (exact) mass is 380 g/mol. The number of hydrogen-bond donors (Lipinski definition) is 0.